The summed E-state index contributed by atoms with van der Waals surface area (Å²) in [6.45, 7) is 2.88. The summed E-state index contributed by atoms with van der Waals surface area (Å²) in [7, 11) is 0. The van der Waals surface area contributed by atoms with Gasteiger partial charge in [0.25, 0.3) is 0 Å². The molecule has 3 heteroatoms. The highest BCUT2D eigenvalue weighted by Crippen LogP contribution is 2.14. The van der Waals surface area contributed by atoms with Crippen molar-refractivity contribution in [2.24, 2.45) is 4.99 Å². The van der Waals surface area contributed by atoms with Gasteiger partial charge in [-0.3, -0.25) is 4.99 Å². The Labute approximate surface area is 87.6 Å². The van der Waals surface area contributed by atoms with E-state index in [1.165, 1.54) is 5.57 Å². The number of aliphatic imine (C=N–C) groups is 1. The molecule has 1 aliphatic rings. The number of rotatable bonds is 1. The summed E-state index contributed by atoms with van der Waals surface area (Å²) in [6, 6.07) is 8.02. The SMILES string of the molecule is CC1=CC(c2nc3ccccc3[nH]2)=NC1. The molecule has 0 atom stereocenters. The average Bonchev–Trinajstić information content (AvgIpc) is 2.82. The molecule has 1 aliphatic heterocycles. The van der Waals surface area contributed by atoms with Crippen LogP contribution in [-0.2, 0) is 0 Å². The lowest BCUT2D eigenvalue weighted by molar-refractivity contribution is 1.17. The number of hydrogen-bond donors (Lipinski definition) is 1. The molecule has 2 aromatic rings. The molecule has 3 nitrogen and oxygen atoms in total. The van der Waals surface area contributed by atoms with Crippen LogP contribution < -0.4 is 0 Å². The van der Waals surface area contributed by atoms with Gasteiger partial charge in [-0.15, -0.1) is 0 Å². The van der Waals surface area contributed by atoms with Crippen molar-refractivity contribution in [3.05, 3.63) is 41.7 Å². The maximum Gasteiger partial charge on any atom is 0.156 e. The van der Waals surface area contributed by atoms with E-state index in [4.69, 9.17) is 0 Å². The van der Waals surface area contributed by atoms with Crippen molar-refractivity contribution < 1.29 is 0 Å². The van der Waals surface area contributed by atoms with Crippen molar-refractivity contribution >= 4 is 16.7 Å². The Kier molecular flexibility index (Phi) is 1.71. The van der Waals surface area contributed by atoms with Crippen LogP contribution in [0, 0.1) is 0 Å². The molecule has 0 saturated heterocycles. The number of hydrogen-bond acceptors (Lipinski definition) is 2. The van der Waals surface area contributed by atoms with Crippen molar-refractivity contribution in [3.8, 4) is 0 Å². The number of para-hydroxylation sites is 2. The minimum Gasteiger partial charge on any atom is -0.337 e. The summed E-state index contributed by atoms with van der Waals surface area (Å²) in [6.07, 6.45) is 2.08. The third kappa shape index (κ3) is 1.36. The fraction of sp³-hybridized carbons (Fsp3) is 0.167. The molecule has 2 heterocycles. The summed E-state index contributed by atoms with van der Waals surface area (Å²) in [5, 5.41) is 0. The van der Waals surface area contributed by atoms with Crippen LogP contribution in [0.1, 0.15) is 12.7 Å². The Hall–Kier alpha value is -1.90. The van der Waals surface area contributed by atoms with Gasteiger partial charge in [0.05, 0.1) is 17.6 Å². The lowest BCUT2D eigenvalue weighted by Gasteiger charge is -1.88. The number of aromatic amines is 1. The van der Waals surface area contributed by atoms with Crippen molar-refractivity contribution in [2.45, 2.75) is 6.92 Å². The van der Waals surface area contributed by atoms with Crippen molar-refractivity contribution in [2.75, 3.05) is 6.54 Å². The molecule has 0 amide bonds. The fourth-order valence-corrected chi connectivity index (χ4v) is 1.75. The van der Waals surface area contributed by atoms with Crippen molar-refractivity contribution in [1.82, 2.24) is 9.97 Å². The molecule has 0 saturated carbocycles. The smallest absolute Gasteiger partial charge is 0.156 e. The Bertz CT molecular complexity index is 542. The van der Waals surface area contributed by atoms with Gasteiger partial charge < -0.3 is 4.98 Å². The molecular weight excluding hydrogens is 186 g/mol. The number of allylic oxidation sites excluding steroid dienone is 1. The second kappa shape index (κ2) is 3.05. The van der Waals surface area contributed by atoms with Gasteiger partial charge in [0.1, 0.15) is 5.71 Å². The van der Waals surface area contributed by atoms with E-state index in [0.717, 1.165) is 29.1 Å². The van der Waals surface area contributed by atoms with Gasteiger partial charge >= 0.3 is 0 Å². The second-order valence-electron chi connectivity index (χ2n) is 3.79. The van der Waals surface area contributed by atoms with E-state index in [1.807, 2.05) is 24.3 Å². The molecule has 1 N–H and O–H groups in total. The molecule has 74 valence electrons. The zero-order chi connectivity index (χ0) is 10.3. The van der Waals surface area contributed by atoms with E-state index in [9.17, 15) is 0 Å². The molecule has 1 aromatic carbocycles. The van der Waals surface area contributed by atoms with E-state index >= 15 is 0 Å². The van der Waals surface area contributed by atoms with Crippen LogP contribution in [-0.4, -0.2) is 22.2 Å². The first kappa shape index (κ1) is 8.41. The van der Waals surface area contributed by atoms with Crippen LogP contribution in [0.2, 0.25) is 0 Å². The second-order valence-corrected chi connectivity index (χ2v) is 3.79. The highest BCUT2D eigenvalue weighted by molar-refractivity contribution is 6.09. The Balaban J connectivity index is 2.13. The molecule has 0 aliphatic carbocycles. The maximum atomic E-state index is 4.50. The van der Waals surface area contributed by atoms with Gasteiger partial charge in [-0.2, -0.15) is 0 Å². The number of imidazole rings is 1. The molecule has 0 bridgehead atoms. The number of fused-ring (bicyclic) bond motifs is 1. The molecule has 0 fully saturated rings. The monoisotopic (exact) mass is 197 g/mol. The maximum absolute atomic E-state index is 4.50. The lowest BCUT2D eigenvalue weighted by atomic mass is 10.2. The molecule has 1 aromatic heterocycles. The molecular formula is C12H11N3. The number of H-pyrrole nitrogens is 1. The number of benzene rings is 1. The summed E-state index contributed by atoms with van der Waals surface area (Å²) < 4.78 is 0. The van der Waals surface area contributed by atoms with Crippen LogP contribution in [0.25, 0.3) is 11.0 Å². The van der Waals surface area contributed by atoms with E-state index in [0.29, 0.717) is 0 Å². The van der Waals surface area contributed by atoms with E-state index in [1.54, 1.807) is 0 Å². The third-order valence-electron chi connectivity index (χ3n) is 2.51. The van der Waals surface area contributed by atoms with Gasteiger partial charge in [0.15, 0.2) is 5.82 Å². The number of aromatic nitrogens is 2. The van der Waals surface area contributed by atoms with Gasteiger partial charge in [0, 0.05) is 0 Å². The highest BCUT2D eigenvalue weighted by atomic mass is 15.0. The zero-order valence-electron chi connectivity index (χ0n) is 8.49. The first-order valence-corrected chi connectivity index (χ1v) is 5.00. The highest BCUT2D eigenvalue weighted by Gasteiger charge is 2.10. The largest absolute Gasteiger partial charge is 0.337 e. The van der Waals surface area contributed by atoms with Crippen molar-refractivity contribution in [1.29, 1.82) is 0 Å². The minimum absolute atomic E-state index is 0.798. The van der Waals surface area contributed by atoms with Gasteiger partial charge in [-0.05, 0) is 30.7 Å². The standard InChI is InChI=1S/C12H11N3/c1-8-6-11(13-7-8)12-14-9-4-2-3-5-10(9)15-12/h2-6H,7H2,1H3,(H,14,15). The summed E-state index contributed by atoms with van der Waals surface area (Å²) in [5.41, 5.74) is 4.30. The molecule has 0 spiro atoms. The Morgan fingerprint density at radius 1 is 1.27 bits per heavy atom. The van der Waals surface area contributed by atoms with Crippen molar-refractivity contribution in [3.63, 3.8) is 0 Å². The first-order chi connectivity index (χ1) is 7.33. The Morgan fingerprint density at radius 2 is 2.13 bits per heavy atom. The van der Waals surface area contributed by atoms with Gasteiger partial charge in [-0.25, -0.2) is 4.98 Å². The van der Waals surface area contributed by atoms with Crippen LogP contribution in [0.4, 0.5) is 0 Å². The molecule has 0 unspecified atom stereocenters. The third-order valence-corrected chi connectivity index (χ3v) is 2.51. The number of nitrogens with zero attached hydrogens (tertiary/aromatic N) is 2. The summed E-state index contributed by atoms with van der Waals surface area (Å²) in [4.78, 5) is 12.2. The predicted octanol–water partition coefficient (Wildman–Crippen LogP) is 2.31. The van der Waals surface area contributed by atoms with Crippen LogP contribution in [0.15, 0.2) is 40.9 Å². The predicted molar refractivity (Wildman–Crippen MR) is 61.3 cm³/mol. The quantitative estimate of drug-likeness (QED) is 0.748. The summed E-state index contributed by atoms with van der Waals surface area (Å²) >= 11 is 0. The number of nitrogens with one attached hydrogen (secondary N) is 1. The Morgan fingerprint density at radius 3 is 2.87 bits per heavy atom. The lowest BCUT2D eigenvalue weighted by Crippen LogP contribution is -1.96. The first-order valence-electron chi connectivity index (χ1n) is 5.00. The summed E-state index contributed by atoms with van der Waals surface area (Å²) in [5.74, 6) is 0.869. The van der Waals surface area contributed by atoms with E-state index in [2.05, 4.69) is 28.0 Å². The van der Waals surface area contributed by atoms with Crippen LogP contribution in [0.5, 0.6) is 0 Å². The topological polar surface area (TPSA) is 41.0 Å². The average molecular weight is 197 g/mol. The van der Waals surface area contributed by atoms with Crippen LogP contribution >= 0.6 is 0 Å². The normalized spacial score (nSPS) is 15.5. The zero-order valence-corrected chi connectivity index (χ0v) is 8.49. The minimum atomic E-state index is 0.798. The molecule has 3 rings (SSSR count). The molecule has 0 radical (unpaired) electrons. The molecule has 15 heavy (non-hydrogen) atoms. The van der Waals surface area contributed by atoms with E-state index in [-0.39, 0.29) is 0 Å². The fourth-order valence-electron chi connectivity index (χ4n) is 1.75. The van der Waals surface area contributed by atoms with Gasteiger partial charge in [-0.1, -0.05) is 12.1 Å². The van der Waals surface area contributed by atoms with E-state index < -0.39 is 0 Å². The van der Waals surface area contributed by atoms with Gasteiger partial charge in [0.2, 0.25) is 0 Å². The van der Waals surface area contributed by atoms with Crippen LogP contribution in [0.3, 0.4) is 0 Å².